The Kier molecular flexibility index (Phi) is 20.4. The number of benzene rings is 1. The maximum absolute atomic E-state index is 14.0. The third-order valence-corrected chi connectivity index (χ3v) is 22.7. The van der Waals surface area contributed by atoms with Crippen molar-refractivity contribution in [2.24, 2.45) is 56.7 Å². The fourth-order valence-electron chi connectivity index (χ4n) is 15.5. The lowest BCUT2D eigenvalue weighted by atomic mass is 9.43. The molecule has 6 aliphatic rings. The zero-order chi connectivity index (χ0) is 61.2. The molecule has 4 saturated carbocycles. The van der Waals surface area contributed by atoms with Crippen LogP contribution in [-0.2, 0) is 33.6 Å². The fourth-order valence-corrected chi connectivity index (χ4v) is 17.6. The minimum absolute atomic E-state index is 0.0269. The molecule has 1 aromatic carbocycles. The van der Waals surface area contributed by atoms with E-state index in [0.29, 0.717) is 91.2 Å². The van der Waals surface area contributed by atoms with E-state index in [9.17, 15) is 58.8 Å². The van der Waals surface area contributed by atoms with Gasteiger partial charge in [0, 0.05) is 92.0 Å². The number of amides is 4. The lowest BCUT2D eigenvalue weighted by Gasteiger charge is -2.62. The lowest BCUT2D eigenvalue weighted by molar-refractivity contribution is -0.174. The van der Waals surface area contributed by atoms with Crippen molar-refractivity contribution in [3.05, 3.63) is 45.5 Å². The van der Waals surface area contributed by atoms with Crippen LogP contribution in [0.4, 0.5) is 4.79 Å². The number of aliphatic imine (C=N–C) groups is 1. The first-order chi connectivity index (χ1) is 39.6. The maximum atomic E-state index is 14.0. The summed E-state index contributed by atoms with van der Waals surface area (Å²) in [6.45, 7) is 15.9. The normalized spacial score (nSPS) is 28.4. The van der Waals surface area contributed by atoms with Crippen LogP contribution in [0.3, 0.4) is 0 Å². The standard InChI is InChI=1S/C63H88N6O13S2/c1-34(41-17-18-42-52-43(22-24-63(41,42)8)62(7)23-21-39(70)29-38(62)30-47(52)71)15-20-50(73)65-45(58(77)78)13-10-11-25-64-49(72)14-12-26-69(28-27-68(9)51(74)32-61(5,6)53-37(4)54(75)35(2)36(3)55(53)76)60(81)82-40-16-19-44-48(31-40)84-57(66-44)56-67-46(33-83-56)59(79)80/h16,19,31,34,38-39,41-43,45-47,52,70-71H,10-15,17-18,20-30,32-33H2,1-9H3,(H,64,72)(H,65,73)(H,77,78)(H,79,80)/t34-,38+,39-,41-,42+,43+,45?,46?,47+,52+,62+,63-/m1/s1. The Bertz CT molecular complexity index is 2990. The van der Waals surface area contributed by atoms with E-state index >= 15 is 0 Å². The van der Waals surface area contributed by atoms with Crippen molar-refractivity contribution in [1.29, 1.82) is 0 Å². The van der Waals surface area contributed by atoms with Crippen molar-refractivity contribution in [3.8, 4) is 5.75 Å². The van der Waals surface area contributed by atoms with E-state index in [2.05, 4.69) is 41.4 Å². The van der Waals surface area contributed by atoms with Crippen LogP contribution in [0.1, 0.15) is 163 Å². The molecule has 2 heterocycles. The molecule has 2 unspecified atom stereocenters. The van der Waals surface area contributed by atoms with Gasteiger partial charge in [0.2, 0.25) is 17.7 Å². The summed E-state index contributed by atoms with van der Waals surface area (Å²) in [6, 6.07) is 3.01. The van der Waals surface area contributed by atoms with Gasteiger partial charge in [0.05, 0.1) is 22.4 Å². The Morgan fingerprint density at radius 2 is 1.56 bits per heavy atom. The molecule has 460 valence electrons. The van der Waals surface area contributed by atoms with Gasteiger partial charge in [-0.2, -0.15) is 0 Å². The second-order valence-electron chi connectivity index (χ2n) is 26.3. The number of aromatic nitrogens is 1. The van der Waals surface area contributed by atoms with Crippen LogP contribution in [-0.4, -0.2) is 151 Å². The van der Waals surface area contributed by atoms with E-state index in [4.69, 9.17) is 4.74 Å². The van der Waals surface area contributed by atoms with Gasteiger partial charge in [0.1, 0.15) is 21.8 Å². The van der Waals surface area contributed by atoms with Gasteiger partial charge in [-0.15, -0.1) is 23.1 Å². The third kappa shape index (κ3) is 14.0. The van der Waals surface area contributed by atoms with Crippen molar-refractivity contribution in [2.45, 2.75) is 182 Å². The number of hydrogen-bond donors (Lipinski definition) is 6. The number of carboxylic acid groups (broad SMARTS) is 2. The summed E-state index contributed by atoms with van der Waals surface area (Å²) >= 11 is 2.60. The van der Waals surface area contributed by atoms with Crippen LogP contribution in [0, 0.1) is 51.8 Å². The van der Waals surface area contributed by atoms with E-state index in [1.807, 2.05) is 0 Å². The maximum Gasteiger partial charge on any atom is 0.415 e. The van der Waals surface area contributed by atoms with E-state index < -0.39 is 35.5 Å². The number of hydrogen-bond acceptors (Lipinski definition) is 15. The number of nitrogens with zero attached hydrogens (tertiary/aromatic N) is 4. The molecular formula is C63H88N6O13S2. The number of aliphatic hydroxyl groups is 2. The Hall–Kier alpha value is -5.51. The van der Waals surface area contributed by atoms with Gasteiger partial charge in [-0.05, 0) is 163 Å². The van der Waals surface area contributed by atoms with Gasteiger partial charge >= 0.3 is 18.0 Å². The highest BCUT2D eigenvalue weighted by Crippen LogP contribution is 2.68. The summed E-state index contributed by atoms with van der Waals surface area (Å²) < 4.78 is 6.56. The molecule has 2 aromatic rings. The minimum Gasteiger partial charge on any atom is -0.480 e. The number of likely N-dealkylation sites (N-methyl/N-ethyl adjacent to an activating group) is 1. The van der Waals surface area contributed by atoms with Crippen LogP contribution in [0.25, 0.3) is 10.2 Å². The molecule has 0 spiro atoms. The molecule has 0 saturated heterocycles. The minimum atomic E-state index is -1.12. The number of allylic oxidation sites excluding steroid dienone is 4. The predicted octanol–water partition coefficient (Wildman–Crippen LogP) is 8.77. The number of thiazole rings is 1. The van der Waals surface area contributed by atoms with Gasteiger partial charge in [-0.1, -0.05) is 34.6 Å². The summed E-state index contributed by atoms with van der Waals surface area (Å²) in [5, 5.41) is 48.3. The number of nitrogens with one attached hydrogen (secondary N) is 2. The highest BCUT2D eigenvalue weighted by Gasteiger charge is 2.63. The number of thioether (sulfide) groups is 1. The average Bonchev–Trinajstić information content (AvgIpc) is 1.35. The summed E-state index contributed by atoms with van der Waals surface area (Å²) in [5.41, 5.74) is 1.22. The molecule has 6 N–H and O–H groups in total. The number of Topliss-reactive ketones (excluding diaryl/α,β-unsaturated/α-hetero) is 2. The number of aliphatic hydroxyl groups excluding tert-OH is 2. The van der Waals surface area contributed by atoms with E-state index in [0.717, 1.165) is 51.4 Å². The summed E-state index contributed by atoms with van der Waals surface area (Å²) in [6.07, 6.45) is 8.52. The summed E-state index contributed by atoms with van der Waals surface area (Å²) in [7, 11) is 1.59. The Morgan fingerprint density at radius 3 is 2.27 bits per heavy atom. The highest BCUT2D eigenvalue weighted by molar-refractivity contribution is 8.15. The number of carbonyl (C=O) groups excluding carboxylic acids is 6. The molecule has 84 heavy (non-hydrogen) atoms. The molecule has 4 amide bonds. The van der Waals surface area contributed by atoms with Crippen LogP contribution in [0.2, 0.25) is 0 Å². The Labute approximate surface area is 501 Å². The number of ketones is 2. The van der Waals surface area contributed by atoms with Crippen molar-refractivity contribution in [2.75, 3.05) is 39.0 Å². The summed E-state index contributed by atoms with van der Waals surface area (Å²) in [4.78, 5) is 116. The lowest BCUT2D eigenvalue weighted by Crippen LogP contribution is -2.58. The number of unbranched alkanes of at least 4 members (excludes halogenated alkanes) is 1. The molecule has 8 rings (SSSR count). The monoisotopic (exact) mass is 1200 g/mol. The number of aliphatic carboxylic acids is 2. The van der Waals surface area contributed by atoms with Crippen LogP contribution >= 0.6 is 23.1 Å². The average molecular weight is 1200 g/mol. The molecule has 4 fully saturated rings. The quantitative estimate of drug-likeness (QED) is 0.0423. The second-order valence-corrected chi connectivity index (χ2v) is 28.3. The number of carbonyl (C=O) groups is 8. The number of ether oxygens (including phenoxy) is 1. The van der Waals surface area contributed by atoms with Crippen LogP contribution in [0.5, 0.6) is 5.75 Å². The molecule has 5 aliphatic carbocycles. The Morgan fingerprint density at radius 1 is 0.845 bits per heavy atom. The molecule has 0 radical (unpaired) electrons. The van der Waals surface area contributed by atoms with Crippen LogP contribution < -0.4 is 15.4 Å². The number of fused-ring (bicyclic) bond motifs is 6. The SMILES string of the molecule is CC1=C(C)C(=O)C(C(C)(C)CC(=O)N(C)CCN(CCCC(=O)NCCCCC(NC(=O)CC[C@@H](C)[C@H]2CC[C@H]3[C@@H]4[C@@H](O)C[C@@H]5C[C@H](O)CC[C@]5(C)[C@H]4CC[C@]23C)C(=O)O)C(=O)Oc2ccc3nc(C4=NC(C(=O)O)CS4)sc3c2)=C(C)C1=O. The van der Waals surface area contributed by atoms with Gasteiger partial charge in [0.25, 0.3) is 0 Å². The molecular weight excluding hydrogens is 1110 g/mol. The molecule has 0 bridgehead atoms. The van der Waals surface area contributed by atoms with E-state index in [1.165, 1.54) is 32.9 Å². The second kappa shape index (κ2) is 26.6. The van der Waals surface area contributed by atoms with Crippen LogP contribution in [0.15, 0.2) is 45.5 Å². The molecule has 12 atom stereocenters. The Balaban J connectivity index is 0.797. The van der Waals surface area contributed by atoms with Crippen molar-refractivity contribution >= 4 is 85.7 Å². The first kappa shape index (κ1) is 64.5. The zero-order valence-corrected chi connectivity index (χ0v) is 52.1. The van der Waals surface area contributed by atoms with Gasteiger partial charge in [0.15, 0.2) is 17.6 Å². The first-order valence-corrected chi connectivity index (χ1v) is 32.1. The van der Waals surface area contributed by atoms with E-state index in [1.54, 1.807) is 59.9 Å². The van der Waals surface area contributed by atoms with Gasteiger partial charge in [-0.3, -0.25) is 29.0 Å². The zero-order valence-electron chi connectivity index (χ0n) is 50.4. The number of rotatable bonds is 24. The fraction of sp³-hybridized carbons (Fsp3) is 0.683. The molecule has 21 heteroatoms. The van der Waals surface area contributed by atoms with Crippen molar-refractivity contribution in [3.63, 3.8) is 0 Å². The smallest absolute Gasteiger partial charge is 0.415 e. The third-order valence-electron chi connectivity index (χ3n) is 20.5. The topological polar surface area (TPSA) is 282 Å². The van der Waals surface area contributed by atoms with Gasteiger partial charge < -0.3 is 45.6 Å². The van der Waals surface area contributed by atoms with Crippen molar-refractivity contribution < 1.29 is 63.5 Å². The molecule has 19 nitrogen and oxygen atoms in total. The predicted molar refractivity (Wildman–Crippen MR) is 321 cm³/mol. The first-order valence-electron chi connectivity index (χ1n) is 30.3. The van der Waals surface area contributed by atoms with Gasteiger partial charge in [-0.25, -0.2) is 19.4 Å². The summed E-state index contributed by atoms with van der Waals surface area (Å²) in [5.74, 6) is -0.823. The van der Waals surface area contributed by atoms with Crippen molar-refractivity contribution in [1.82, 2.24) is 25.4 Å². The number of carboxylic acids is 2. The highest BCUT2D eigenvalue weighted by atomic mass is 32.2. The largest absolute Gasteiger partial charge is 0.480 e. The molecule has 1 aliphatic heterocycles. The molecule has 1 aromatic heterocycles. The van der Waals surface area contributed by atoms with E-state index in [-0.39, 0.29) is 128 Å².